The molecule has 2 aliphatic carbocycles. The molecule has 2 aliphatic rings. The molecule has 0 heterocycles. The van der Waals surface area contributed by atoms with Gasteiger partial charge in [0, 0.05) is 17.9 Å². The molecule has 2 saturated carbocycles. The maximum absolute atomic E-state index is 12.5. The lowest BCUT2D eigenvalue weighted by molar-refractivity contribution is -0.204. The second kappa shape index (κ2) is 6.62. The maximum Gasteiger partial charge on any atom is 0.333 e. The first-order chi connectivity index (χ1) is 11.0. The molecule has 5 atom stereocenters. The van der Waals surface area contributed by atoms with Crippen LogP contribution in [-0.4, -0.2) is 28.6 Å². The first-order valence-corrected chi connectivity index (χ1v) is 9.12. The van der Waals surface area contributed by atoms with E-state index in [1.165, 1.54) is 0 Å². The van der Waals surface area contributed by atoms with E-state index >= 15 is 0 Å². The van der Waals surface area contributed by atoms with Crippen LogP contribution in [0.1, 0.15) is 67.2 Å². The fourth-order valence-corrected chi connectivity index (χ4v) is 4.67. The molecule has 0 bridgehead atoms. The number of Topliss-reactive ketones (excluding diaryl/α,β-unsaturated/α-hetero) is 1. The van der Waals surface area contributed by atoms with Gasteiger partial charge in [-0.25, -0.2) is 4.79 Å². The summed E-state index contributed by atoms with van der Waals surface area (Å²) in [6, 6.07) is 0. The fourth-order valence-electron chi connectivity index (χ4n) is 4.67. The highest BCUT2D eigenvalue weighted by atomic mass is 16.6. The average Bonchev–Trinajstić information content (AvgIpc) is 2.48. The number of hydrogen-bond acceptors (Lipinski definition) is 4. The van der Waals surface area contributed by atoms with E-state index in [4.69, 9.17) is 4.74 Å². The van der Waals surface area contributed by atoms with E-state index in [1.54, 1.807) is 26.8 Å². The predicted molar refractivity (Wildman–Crippen MR) is 93.3 cm³/mol. The molecular weight excluding hydrogens is 304 g/mol. The monoisotopic (exact) mass is 336 g/mol. The largest absolute Gasteiger partial charge is 0.456 e. The smallest absolute Gasteiger partial charge is 0.333 e. The van der Waals surface area contributed by atoms with Gasteiger partial charge in [0.1, 0.15) is 17.5 Å². The third-order valence-electron chi connectivity index (χ3n) is 6.47. The lowest BCUT2D eigenvalue weighted by Gasteiger charge is -2.56. The van der Waals surface area contributed by atoms with Gasteiger partial charge >= 0.3 is 5.97 Å². The van der Waals surface area contributed by atoms with Crippen molar-refractivity contribution in [1.29, 1.82) is 0 Å². The van der Waals surface area contributed by atoms with Gasteiger partial charge in [0.15, 0.2) is 0 Å². The number of fused-ring (bicyclic) bond motifs is 1. The summed E-state index contributed by atoms with van der Waals surface area (Å²) >= 11 is 0. The zero-order valence-electron chi connectivity index (χ0n) is 15.9. The van der Waals surface area contributed by atoms with Gasteiger partial charge in [-0.2, -0.15) is 0 Å². The molecule has 0 radical (unpaired) electrons. The summed E-state index contributed by atoms with van der Waals surface area (Å²) in [5, 5.41) is 11.3. The molecule has 4 heteroatoms. The lowest BCUT2D eigenvalue weighted by atomic mass is 9.51. The summed E-state index contributed by atoms with van der Waals surface area (Å²) in [4.78, 5) is 24.7. The van der Waals surface area contributed by atoms with Crippen LogP contribution in [0, 0.1) is 23.2 Å². The highest BCUT2D eigenvalue weighted by molar-refractivity contribution is 5.87. The van der Waals surface area contributed by atoms with Gasteiger partial charge in [-0.05, 0) is 57.3 Å². The molecule has 1 N–H and O–H groups in total. The zero-order chi connectivity index (χ0) is 18.3. The molecule has 0 spiro atoms. The molecule has 0 amide bonds. The summed E-state index contributed by atoms with van der Waals surface area (Å²) in [5.74, 6) is 0.179. The van der Waals surface area contributed by atoms with Crippen LogP contribution in [0.5, 0.6) is 0 Å². The third-order valence-corrected chi connectivity index (χ3v) is 6.47. The molecule has 4 nitrogen and oxygen atoms in total. The molecule has 2 fully saturated rings. The molecule has 2 rings (SSSR count). The highest BCUT2D eigenvalue weighted by Gasteiger charge is 2.58. The van der Waals surface area contributed by atoms with Crippen molar-refractivity contribution in [3.05, 3.63) is 11.6 Å². The highest BCUT2D eigenvalue weighted by Crippen LogP contribution is 2.55. The molecule has 0 aromatic heterocycles. The number of hydrogen-bond donors (Lipinski definition) is 1. The third kappa shape index (κ3) is 3.30. The van der Waals surface area contributed by atoms with Crippen LogP contribution in [0.3, 0.4) is 0 Å². The summed E-state index contributed by atoms with van der Waals surface area (Å²) in [6.07, 6.45) is 3.80. The number of allylic oxidation sites excluding steroid dienone is 1. The summed E-state index contributed by atoms with van der Waals surface area (Å²) in [6.45, 7) is 11.5. The average molecular weight is 336 g/mol. The van der Waals surface area contributed by atoms with Gasteiger partial charge in [-0.15, -0.1) is 0 Å². The number of ketones is 1. The van der Waals surface area contributed by atoms with Crippen molar-refractivity contribution in [1.82, 2.24) is 0 Å². The van der Waals surface area contributed by atoms with Crippen molar-refractivity contribution >= 4 is 11.8 Å². The second-order valence-corrected chi connectivity index (χ2v) is 8.57. The normalized spacial score (nSPS) is 40.4. The van der Waals surface area contributed by atoms with E-state index in [-0.39, 0.29) is 29.1 Å². The Kier molecular flexibility index (Phi) is 5.29. The van der Waals surface area contributed by atoms with Crippen molar-refractivity contribution in [3.8, 4) is 0 Å². The Hall–Kier alpha value is -1.16. The predicted octanol–water partition coefficient (Wildman–Crippen LogP) is 3.67. The van der Waals surface area contributed by atoms with Gasteiger partial charge in [0.2, 0.25) is 0 Å². The van der Waals surface area contributed by atoms with Crippen LogP contribution in [-0.2, 0) is 14.3 Å². The van der Waals surface area contributed by atoms with Gasteiger partial charge in [-0.3, -0.25) is 4.79 Å². The van der Waals surface area contributed by atoms with Crippen LogP contribution in [0.2, 0.25) is 0 Å². The quantitative estimate of drug-likeness (QED) is 0.631. The van der Waals surface area contributed by atoms with Crippen molar-refractivity contribution in [2.45, 2.75) is 78.9 Å². The molecule has 0 aromatic carbocycles. The van der Waals surface area contributed by atoms with Crippen molar-refractivity contribution < 1.29 is 19.4 Å². The van der Waals surface area contributed by atoms with E-state index in [0.29, 0.717) is 30.6 Å². The van der Waals surface area contributed by atoms with Gasteiger partial charge in [0.25, 0.3) is 0 Å². The molecule has 0 unspecified atom stereocenters. The minimum absolute atomic E-state index is 0.0127. The number of esters is 1. The lowest BCUT2D eigenvalue weighted by Crippen LogP contribution is -2.61. The Balaban J connectivity index is 2.25. The summed E-state index contributed by atoms with van der Waals surface area (Å²) in [7, 11) is 0. The van der Waals surface area contributed by atoms with E-state index in [2.05, 4.69) is 20.8 Å². The zero-order valence-corrected chi connectivity index (χ0v) is 15.9. The molecule has 24 heavy (non-hydrogen) atoms. The maximum atomic E-state index is 12.5. The Morgan fingerprint density at radius 2 is 2.00 bits per heavy atom. The van der Waals surface area contributed by atoms with Crippen LogP contribution in [0.25, 0.3) is 0 Å². The minimum Gasteiger partial charge on any atom is -0.456 e. The molecule has 0 aromatic rings. The van der Waals surface area contributed by atoms with Crippen LogP contribution in [0.15, 0.2) is 11.6 Å². The molecule has 0 saturated heterocycles. The van der Waals surface area contributed by atoms with Gasteiger partial charge in [-0.1, -0.05) is 26.8 Å². The fraction of sp³-hybridized carbons (Fsp3) is 0.800. The number of carbonyl (C=O) groups is 2. The van der Waals surface area contributed by atoms with Crippen LogP contribution in [0.4, 0.5) is 0 Å². The van der Waals surface area contributed by atoms with Crippen molar-refractivity contribution in [3.63, 3.8) is 0 Å². The van der Waals surface area contributed by atoms with Crippen molar-refractivity contribution in [2.24, 2.45) is 23.2 Å². The van der Waals surface area contributed by atoms with E-state index in [1.807, 2.05) is 0 Å². The number of aliphatic hydroxyl groups is 1. The van der Waals surface area contributed by atoms with Gasteiger partial charge in [0.05, 0.1) is 0 Å². The Morgan fingerprint density at radius 3 is 2.54 bits per heavy atom. The van der Waals surface area contributed by atoms with E-state index < -0.39 is 11.7 Å². The van der Waals surface area contributed by atoms with E-state index in [0.717, 1.165) is 6.42 Å². The topological polar surface area (TPSA) is 63.6 Å². The first-order valence-electron chi connectivity index (χ1n) is 9.12. The minimum atomic E-state index is -1.11. The summed E-state index contributed by atoms with van der Waals surface area (Å²) in [5.41, 5.74) is -0.757. The molecule has 0 aliphatic heterocycles. The Bertz CT molecular complexity index is 546. The van der Waals surface area contributed by atoms with Crippen LogP contribution < -0.4 is 0 Å². The Labute approximate surface area is 145 Å². The molecular formula is C20H32O4. The standard InChI is InChI=1S/C20H32O4/c1-7-13(4)18(22)24-17-8-9-19(5)11-15(21)14(12(2)3)10-16(19)20(17,6)23/h7,12,14,16-17,23H,8-11H2,1-6H3/b13-7-/t14-,16-,17-,19-,20+/m1/s1. The van der Waals surface area contributed by atoms with Crippen LogP contribution >= 0.6 is 0 Å². The van der Waals surface area contributed by atoms with E-state index in [9.17, 15) is 14.7 Å². The first kappa shape index (κ1) is 19.2. The second-order valence-electron chi connectivity index (χ2n) is 8.57. The molecule has 136 valence electrons. The number of carbonyl (C=O) groups excluding carboxylic acids is 2. The number of rotatable bonds is 3. The Morgan fingerprint density at radius 1 is 1.38 bits per heavy atom. The van der Waals surface area contributed by atoms with Gasteiger partial charge < -0.3 is 9.84 Å². The summed E-state index contributed by atoms with van der Waals surface area (Å²) < 4.78 is 5.63. The number of ether oxygens (including phenoxy) is 1. The van der Waals surface area contributed by atoms with Crippen molar-refractivity contribution in [2.75, 3.05) is 0 Å². The SMILES string of the molecule is C/C=C(/C)C(=O)O[C@@H]1CC[C@]2(C)CC(=O)[C@@H](C(C)C)C[C@H]2[C@]1(C)O.